The Bertz CT molecular complexity index is 875. The highest BCUT2D eigenvalue weighted by Crippen LogP contribution is 2.23. The van der Waals surface area contributed by atoms with Gasteiger partial charge >= 0.3 is 0 Å². The predicted molar refractivity (Wildman–Crippen MR) is 137 cm³/mol. The van der Waals surface area contributed by atoms with Crippen LogP contribution in [0.25, 0.3) is 0 Å². The van der Waals surface area contributed by atoms with E-state index < -0.39 is 0 Å². The second-order valence-electron chi connectivity index (χ2n) is 7.88. The highest BCUT2D eigenvalue weighted by atomic mass is 127. The molecule has 0 radical (unpaired) electrons. The van der Waals surface area contributed by atoms with Gasteiger partial charge in [-0.15, -0.1) is 24.0 Å². The van der Waals surface area contributed by atoms with Gasteiger partial charge in [0.1, 0.15) is 0 Å². The van der Waals surface area contributed by atoms with E-state index in [2.05, 4.69) is 44.1 Å². The third-order valence-electron chi connectivity index (χ3n) is 5.75. The Morgan fingerprint density at radius 1 is 1.00 bits per heavy atom. The zero-order chi connectivity index (χ0) is 21.5. The van der Waals surface area contributed by atoms with Gasteiger partial charge in [0.15, 0.2) is 5.96 Å². The highest BCUT2D eigenvalue weighted by molar-refractivity contribution is 14.0. The molecule has 172 valence electrons. The van der Waals surface area contributed by atoms with Crippen LogP contribution in [-0.2, 0) is 17.9 Å². The molecule has 1 aromatic heterocycles. The summed E-state index contributed by atoms with van der Waals surface area (Å²) in [6.45, 7) is 8.49. The summed E-state index contributed by atoms with van der Waals surface area (Å²) in [4.78, 5) is 32.5. The second-order valence-corrected chi connectivity index (χ2v) is 7.88. The van der Waals surface area contributed by atoms with Crippen molar-refractivity contribution < 1.29 is 4.79 Å². The third-order valence-corrected chi connectivity index (χ3v) is 5.75. The van der Waals surface area contributed by atoms with Crippen LogP contribution in [0.4, 0.5) is 5.95 Å². The van der Waals surface area contributed by atoms with Crippen molar-refractivity contribution in [3.05, 3.63) is 53.9 Å². The number of hydrogen-bond donors (Lipinski definition) is 1. The van der Waals surface area contributed by atoms with Gasteiger partial charge in [-0.05, 0) is 30.5 Å². The molecule has 2 aliphatic rings. The zero-order valence-corrected chi connectivity index (χ0v) is 20.9. The van der Waals surface area contributed by atoms with Gasteiger partial charge in [0.2, 0.25) is 11.9 Å². The van der Waals surface area contributed by atoms with E-state index in [0.717, 1.165) is 64.1 Å². The monoisotopic (exact) mass is 549 g/mol. The van der Waals surface area contributed by atoms with Crippen molar-refractivity contribution in [3.63, 3.8) is 0 Å². The molecular formula is C23H32IN7O. The number of piperazine rings is 1. The lowest BCUT2D eigenvalue weighted by Gasteiger charge is -2.36. The quantitative estimate of drug-likeness (QED) is 0.259. The van der Waals surface area contributed by atoms with Crippen LogP contribution in [0.2, 0.25) is 0 Å². The molecule has 1 fully saturated rings. The molecular weight excluding hydrogens is 517 g/mol. The molecule has 8 nitrogen and oxygen atoms in total. The summed E-state index contributed by atoms with van der Waals surface area (Å²) >= 11 is 0. The standard InChI is InChI=1S/C23H31N7O.HI/c1-2-24-22(28-13-15-29(16-14-28)23-26-11-6-12-27-23)25-10-5-9-21(31)30-17-19-7-3-4-8-20(19)18-30;/h3-4,6-8,11-12H,2,5,9-10,13-18H2,1H3,(H,24,25);1H. The minimum atomic E-state index is 0. The lowest BCUT2D eigenvalue weighted by Crippen LogP contribution is -2.53. The number of carbonyl (C=O) groups is 1. The van der Waals surface area contributed by atoms with Gasteiger partial charge in [-0.25, -0.2) is 9.97 Å². The Morgan fingerprint density at radius 2 is 1.66 bits per heavy atom. The fourth-order valence-electron chi connectivity index (χ4n) is 4.08. The van der Waals surface area contributed by atoms with Crippen molar-refractivity contribution in [1.82, 2.24) is 25.1 Å². The number of fused-ring (bicyclic) bond motifs is 1. The van der Waals surface area contributed by atoms with Crippen molar-refractivity contribution >= 4 is 41.8 Å². The number of anilines is 1. The molecule has 0 saturated carbocycles. The minimum Gasteiger partial charge on any atom is -0.357 e. The molecule has 1 amide bonds. The van der Waals surface area contributed by atoms with Gasteiger partial charge in [-0.1, -0.05) is 24.3 Å². The lowest BCUT2D eigenvalue weighted by molar-refractivity contribution is -0.131. The van der Waals surface area contributed by atoms with Crippen molar-refractivity contribution in [2.24, 2.45) is 4.99 Å². The largest absolute Gasteiger partial charge is 0.357 e. The van der Waals surface area contributed by atoms with Crippen molar-refractivity contribution in [1.29, 1.82) is 0 Å². The van der Waals surface area contributed by atoms with Crippen molar-refractivity contribution in [3.8, 4) is 0 Å². The van der Waals surface area contributed by atoms with Crippen LogP contribution in [0.5, 0.6) is 0 Å². The van der Waals surface area contributed by atoms with Gasteiger partial charge in [0, 0.05) is 71.2 Å². The van der Waals surface area contributed by atoms with Gasteiger partial charge in [-0.3, -0.25) is 9.79 Å². The van der Waals surface area contributed by atoms with Crippen molar-refractivity contribution in [2.75, 3.05) is 44.2 Å². The zero-order valence-electron chi connectivity index (χ0n) is 18.6. The molecule has 4 rings (SSSR count). The lowest BCUT2D eigenvalue weighted by atomic mass is 10.1. The highest BCUT2D eigenvalue weighted by Gasteiger charge is 2.23. The van der Waals surface area contributed by atoms with E-state index in [1.54, 1.807) is 12.4 Å². The smallest absolute Gasteiger partial charge is 0.225 e. The number of benzene rings is 1. The van der Waals surface area contributed by atoms with E-state index in [1.165, 1.54) is 11.1 Å². The molecule has 0 unspecified atom stereocenters. The molecule has 0 atom stereocenters. The Balaban J connectivity index is 0.00000289. The Kier molecular flexibility index (Phi) is 9.07. The van der Waals surface area contributed by atoms with E-state index in [9.17, 15) is 4.79 Å². The van der Waals surface area contributed by atoms with Crippen LogP contribution in [0.15, 0.2) is 47.7 Å². The number of nitrogens with zero attached hydrogens (tertiary/aromatic N) is 6. The summed E-state index contributed by atoms with van der Waals surface area (Å²) in [6.07, 6.45) is 4.86. The minimum absolute atomic E-state index is 0. The van der Waals surface area contributed by atoms with E-state index in [0.29, 0.717) is 13.0 Å². The maximum atomic E-state index is 12.6. The maximum Gasteiger partial charge on any atom is 0.225 e. The summed E-state index contributed by atoms with van der Waals surface area (Å²) in [5.41, 5.74) is 2.53. The molecule has 32 heavy (non-hydrogen) atoms. The Hall–Kier alpha value is -2.43. The number of halogens is 1. The molecule has 2 aliphatic heterocycles. The molecule has 9 heteroatoms. The molecule has 1 saturated heterocycles. The number of nitrogens with one attached hydrogen (secondary N) is 1. The number of guanidine groups is 1. The van der Waals surface area contributed by atoms with Gasteiger partial charge in [-0.2, -0.15) is 0 Å². The van der Waals surface area contributed by atoms with Crippen LogP contribution >= 0.6 is 24.0 Å². The molecule has 1 aromatic carbocycles. The van der Waals surface area contributed by atoms with Gasteiger partial charge in [0.25, 0.3) is 0 Å². The first-order valence-electron chi connectivity index (χ1n) is 11.1. The fourth-order valence-corrected chi connectivity index (χ4v) is 4.08. The summed E-state index contributed by atoms with van der Waals surface area (Å²) < 4.78 is 0. The molecule has 0 spiro atoms. The number of rotatable bonds is 6. The van der Waals surface area contributed by atoms with Gasteiger partial charge < -0.3 is 20.0 Å². The summed E-state index contributed by atoms with van der Waals surface area (Å²) in [7, 11) is 0. The van der Waals surface area contributed by atoms with Crippen LogP contribution in [0.1, 0.15) is 30.9 Å². The number of carbonyl (C=O) groups excluding carboxylic acids is 1. The molecule has 0 aliphatic carbocycles. The number of aliphatic imine (C=N–C) groups is 1. The number of hydrogen-bond acceptors (Lipinski definition) is 5. The first kappa shape index (κ1) is 24.2. The summed E-state index contributed by atoms with van der Waals surface area (Å²) in [5, 5.41) is 3.39. The molecule has 3 heterocycles. The van der Waals surface area contributed by atoms with Crippen molar-refractivity contribution in [2.45, 2.75) is 32.9 Å². The van der Waals surface area contributed by atoms with Crippen LogP contribution < -0.4 is 10.2 Å². The summed E-state index contributed by atoms with van der Waals surface area (Å²) in [6, 6.07) is 10.1. The van der Waals surface area contributed by atoms with E-state index in [1.807, 2.05) is 23.1 Å². The number of aromatic nitrogens is 2. The average molecular weight is 549 g/mol. The molecule has 2 aromatic rings. The molecule has 0 bridgehead atoms. The topological polar surface area (TPSA) is 77.0 Å². The SMILES string of the molecule is CCNC(=NCCCC(=O)N1Cc2ccccc2C1)N1CCN(c2ncccn2)CC1.I. The summed E-state index contributed by atoms with van der Waals surface area (Å²) in [5.74, 6) is 1.93. The van der Waals surface area contributed by atoms with E-state index >= 15 is 0 Å². The third kappa shape index (κ3) is 6.08. The first-order valence-corrected chi connectivity index (χ1v) is 11.1. The maximum absolute atomic E-state index is 12.6. The van der Waals surface area contributed by atoms with Crippen LogP contribution in [0.3, 0.4) is 0 Å². The predicted octanol–water partition coefficient (Wildman–Crippen LogP) is 2.50. The fraction of sp³-hybridized carbons (Fsp3) is 0.478. The van der Waals surface area contributed by atoms with E-state index in [-0.39, 0.29) is 29.9 Å². The second kappa shape index (κ2) is 12.0. The first-order chi connectivity index (χ1) is 15.2. The normalized spacial score (nSPS) is 15.9. The molecule has 1 N–H and O–H groups in total. The Morgan fingerprint density at radius 3 is 2.28 bits per heavy atom. The van der Waals surface area contributed by atoms with Gasteiger partial charge in [0.05, 0.1) is 0 Å². The Labute approximate surface area is 207 Å². The van der Waals surface area contributed by atoms with E-state index in [4.69, 9.17) is 4.99 Å². The van der Waals surface area contributed by atoms with Crippen LogP contribution in [0, 0.1) is 0 Å². The average Bonchev–Trinajstić information content (AvgIpc) is 3.26. The number of amides is 1. The van der Waals surface area contributed by atoms with Crippen LogP contribution in [-0.4, -0.2) is 70.9 Å².